The molecule has 0 aliphatic carbocycles. The molecule has 154 valence electrons. The first-order chi connectivity index (χ1) is 14.5. The van der Waals surface area contributed by atoms with Crippen LogP contribution < -0.4 is 0 Å². The number of hydrogen-bond donors (Lipinski definition) is 0. The van der Waals surface area contributed by atoms with Crippen LogP contribution in [0.3, 0.4) is 0 Å². The van der Waals surface area contributed by atoms with Crippen molar-refractivity contribution in [3.63, 3.8) is 0 Å². The Morgan fingerprint density at radius 2 is 2.07 bits per heavy atom. The van der Waals surface area contributed by atoms with Crippen LogP contribution >= 0.6 is 11.8 Å². The number of rotatable bonds is 6. The molecule has 1 atom stereocenters. The van der Waals surface area contributed by atoms with E-state index in [0.29, 0.717) is 22.2 Å². The van der Waals surface area contributed by atoms with E-state index in [2.05, 4.69) is 22.3 Å². The van der Waals surface area contributed by atoms with E-state index >= 15 is 0 Å². The van der Waals surface area contributed by atoms with Gasteiger partial charge in [-0.05, 0) is 48.7 Å². The van der Waals surface area contributed by atoms with Crippen LogP contribution in [-0.4, -0.2) is 43.1 Å². The zero-order valence-electron chi connectivity index (χ0n) is 16.5. The number of likely N-dealkylation sites (tertiary alicyclic amines) is 1. The van der Waals surface area contributed by atoms with Crippen LogP contribution in [-0.2, 0) is 13.5 Å². The highest BCUT2D eigenvalue weighted by molar-refractivity contribution is 7.99. The molecule has 0 spiro atoms. The highest BCUT2D eigenvalue weighted by Crippen LogP contribution is 2.35. The van der Waals surface area contributed by atoms with Crippen molar-refractivity contribution in [2.75, 3.05) is 6.54 Å². The van der Waals surface area contributed by atoms with Crippen molar-refractivity contribution < 1.29 is 9.72 Å². The van der Waals surface area contributed by atoms with Gasteiger partial charge in [0.25, 0.3) is 11.6 Å². The fraction of sp³-hybridized carbons (Fsp3) is 0.286. The van der Waals surface area contributed by atoms with Crippen molar-refractivity contribution in [1.82, 2.24) is 19.7 Å². The Morgan fingerprint density at radius 3 is 2.77 bits per heavy atom. The van der Waals surface area contributed by atoms with Crippen LogP contribution in [0.1, 0.15) is 28.8 Å². The first kappa shape index (κ1) is 20.1. The second kappa shape index (κ2) is 8.66. The molecule has 1 aromatic heterocycles. The number of hydrogen-bond acceptors (Lipinski definition) is 6. The van der Waals surface area contributed by atoms with Gasteiger partial charge < -0.3 is 9.47 Å². The number of aromatic nitrogens is 3. The maximum atomic E-state index is 13.2. The minimum atomic E-state index is -0.457. The van der Waals surface area contributed by atoms with Gasteiger partial charge in [0.05, 0.1) is 9.82 Å². The number of carbonyl (C=O) groups excluding carboxylic acids is 1. The molecule has 4 rings (SSSR count). The molecule has 1 aliphatic rings. The van der Waals surface area contributed by atoms with Crippen LogP contribution in [0.15, 0.2) is 64.9 Å². The maximum absolute atomic E-state index is 13.2. The normalized spacial score (nSPS) is 16.0. The Hall–Kier alpha value is -3.20. The molecule has 1 unspecified atom stereocenters. The quantitative estimate of drug-likeness (QED) is 0.443. The highest BCUT2D eigenvalue weighted by Gasteiger charge is 2.30. The van der Waals surface area contributed by atoms with E-state index < -0.39 is 4.92 Å². The summed E-state index contributed by atoms with van der Waals surface area (Å²) in [5, 5.41) is 20.0. The van der Waals surface area contributed by atoms with E-state index in [1.165, 1.54) is 18.0 Å². The van der Waals surface area contributed by atoms with Crippen LogP contribution in [0.4, 0.5) is 5.69 Å². The van der Waals surface area contributed by atoms with E-state index in [9.17, 15) is 14.9 Å². The van der Waals surface area contributed by atoms with Gasteiger partial charge >= 0.3 is 0 Å². The summed E-state index contributed by atoms with van der Waals surface area (Å²) in [5.74, 6) is -0.160. The molecule has 9 heteroatoms. The second-order valence-electron chi connectivity index (χ2n) is 7.25. The molecular formula is C21H21N5O3S. The summed E-state index contributed by atoms with van der Waals surface area (Å²) < 4.78 is 1.69. The first-order valence-corrected chi connectivity index (χ1v) is 10.5. The standard InChI is InChI=1S/C21H21N5O3S/c1-24-14-22-23-21(24)30-19-10-9-16(13-18(19)26(28)29)20(27)25-11-5-8-17(25)12-15-6-3-2-4-7-15/h2-4,6-7,9-10,13-14,17H,5,8,11-12H2,1H3. The monoisotopic (exact) mass is 423 g/mol. The molecule has 0 N–H and O–H groups in total. The summed E-state index contributed by atoms with van der Waals surface area (Å²) in [6.07, 6.45) is 4.19. The zero-order chi connectivity index (χ0) is 21.1. The number of nitrogens with zero attached hydrogens (tertiary/aromatic N) is 5. The summed E-state index contributed by atoms with van der Waals surface area (Å²) in [5.41, 5.74) is 1.42. The molecule has 0 saturated carbocycles. The minimum absolute atomic E-state index is 0.103. The summed E-state index contributed by atoms with van der Waals surface area (Å²) >= 11 is 1.15. The van der Waals surface area contributed by atoms with Crippen molar-refractivity contribution in [2.45, 2.75) is 35.4 Å². The van der Waals surface area contributed by atoms with E-state index in [4.69, 9.17) is 0 Å². The number of nitro groups is 1. The molecule has 3 aromatic rings. The van der Waals surface area contributed by atoms with Crippen LogP contribution in [0.2, 0.25) is 0 Å². The molecule has 8 nitrogen and oxygen atoms in total. The Kier molecular flexibility index (Phi) is 5.80. The van der Waals surface area contributed by atoms with Crippen molar-refractivity contribution >= 4 is 23.4 Å². The summed E-state index contributed by atoms with van der Waals surface area (Å²) in [6, 6.07) is 14.8. The summed E-state index contributed by atoms with van der Waals surface area (Å²) in [6.45, 7) is 0.666. The first-order valence-electron chi connectivity index (χ1n) is 9.68. The third kappa shape index (κ3) is 4.20. The smallest absolute Gasteiger partial charge is 0.284 e. The van der Waals surface area contributed by atoms with Crippen molar-refractivity contribution in [3.05, 3.63) is 76.1 Å². The number of amides is 1. The fourth-order valence-electron chi connectivity index (χ4n) is 3.71. The lowest BCUT2D eigenvalue weighted by molar-refractivity contribution is -0.387. The van der Waals surface area contributed by atoms with Crippen LogP contribution in [0.5, 0.6) is 0 Å². The molecule has 2 aromatic carbocycles. The van der Waals surface area contributed by atoms with Gasteiger partial charge in [0, 0.05) is 31.3 Å². The molecule has 1 aliphatic heterocycles. The molecule has 0 bridgehead atoms. The number of aryl methyl sites for hydroxylation is 1. The van der Waals surface area contributed by atoms with Crippen LogP contribution in [0, 0.1) is 10.1 Å². The molecule has 0 radical (unpaired) electrons. The lowest BCUT2D eigenvalue weighted by Crippen LogP contribution is -2.36. The lowest BCUT2D eigenvalue weighted by atomic mass is 10.0. The Labute approximate surface area is 178 Å². The average Bonchev–Trinajstić information content (AvgIpc) is 3.37. The molecule has 1 fully saturated rings. The number of carbonyl (C=O) groups is 1. The summed E-state index contributed by atoms with van der Waals surface area (Å²) in [7, 11) is 1.77. The van der Waals surface area contributed by atoms with Gasteiger partial charge in [-0.2, -0.15) is 0 Å². The van der Waals surface area contributed by atoms with E-state index in [0.717, 1.165) is 31.0 Å². The van der Waals surface area contributed by atoms with Crippen molar-refractivity contribution in [2.24, 2.45) is 7.05 Å². The third-order valence-corrected chi connectivity index (χ3v) is 6.34. The Morgan fingerprint density at radius 1 is 1.27 bits per heavy atom. The van der Waals surface area contributed by atoms with Gasteiger partial charge in [0.15, 0.2) is 5.16 Å². The molecule has 1 saturated heterocycles. The zero-order valence-corrected chi connectivity index (χ0v) is 17.3. The van der Waals surface area contributed by atoms with Gasteiger partial charge in [-0.3, -0.25) is 14.9 Å². The Bertz CT molecular complexity index is 1070. The van der Waals surface area contributed by atoms with Crippen LogP contribution in [0.25, 0.3) is 0 Å². The number of nitro benzene ring substituents is 1. The number of benzene rings is 2. The SMILES string of the molecule is Cn1cnnc1Sc1ccc(C(=O)N2CCCC2Cc2ccccc2)cc1[N+](=O)[O-]. The van der Waals surface area contributed by atoms with Gasteiger partial charge in [-0.1, -0.05) is 30.3 Å². The Balaban J connectivity index is 1.56. The molecule has 2 heterocycles. The average molecular weight is 423 g/mol. The van der Waals surface area contributed by atoms with E-state index in [-0.39, 0.29) is 17.6 Å². The van der Waals surface area contributed by atoms with E-state index in [1.807, 2.05) is 23.1 Å². The van der Waals surface area contributed by atoms with Crippen molar-refractivity contribution in [3.8, 4) is 0 Å². The second-order valence-corrected chi connectivity index (χ2v) is 8.26. The highest BCUT2D eigenvalue weighted by atomic mass is 32.2. The predicted octanol–water partition coefficient (Wildman–Crippen LogP) is 3.72. The predicted molar refractivity (Wildman–Crippen MR) is 112 cm³/mol. The van der Waals surface area contributed by atoms with Crippen molar-refractivity contribution in [1.29, 1.82) is 0 Å². The summed E-state index contributed by atoms with van der Waals surface area (Å²) in [4.78, 5) is 26.7. The van der Waals surface area contributed by atoms with E-state index in [1.54, 1.807) is 23.7 Å². The third-order valence-electron chi connectivity index (χ3n) is 5.23. The minimum Gasteiger partial charge on any atom is -0.335 e. The molecule has 1 amide bonds. The van der Waals surface area contributed by atoms with Gasteiger partial charge in [0.2, 0.25) is 0 Å². The van der Waals surface area contributed by atoms with Gasteiger partial charge in [-0.25, -0.2) is 0 Å². The maximum Gasteiger partial charge on any atom is 0.284 e. The topological polar surface area (TPSA) is 94.2 Å². The molecular weight excluding hydrogens is 402 g/mol. The fourth-order valence-corrected chi connectivity index (χ4v) is 4.56. The van der Waals surface area contributed by atoms with Gasteiger partial charge in [0.1, 0.15) is 6.33 Å². The van der Waals surface area contributed by atoms with Gasteiger partial charge in [-0.15, -0.1) is 10.2 Å². The lowest BCUT2D eigenvalue weighted by Gasteiger charge is -2.25. The molecule has 30 heavy (non-hydrogen) atoms. The largest absolute Gasteiger partial charge is 0.335 e.